The maximum absolute atomic E-state index is 12.3. The van der Waals surface area contributed by atoms with Crippen LogP contribution in [0.15, 0.2) is 23.1 Å². The molecular weight excluding hydrogens is 336 g/mol. The molecule has 1 aromatic carbocycles. The largest absolute Gasteiger partial charge is 0.316 e. The molecule has 1 N–H and O–H groups in total. The third-order valence-corrected chi connectivity index (χ3v) is 6.01. The topological polar surface area (TPSA) is 83.6 Å². The Balaban J connectivity index is 2.99. The van der Waals surface area contributed by atoms with Gasteiger partial charge in [-0.05, 0) is 24.7 Å². The highest BCUT2D eigenvalue weighted by Gasteiger charge is 2.22. The monoisotopic (exact) mass is 354 g/mol. The fourth-order valence-corrected chi connectivity index (χ4v) is 3.85. The second kappa shape index (κ2) is 7.06. The van der Waals surface area contributed by atoms with Gasteiger partial charge >= 0.3 is 0 Å². The van der Waals surface area contributed by atoms with Crippen LogP contribution in [0.1, 0.15) is 5.56 Å². The zero-order valence-electron chi connectivity index (χ0n) is 12.1. The van der Waals surface area contributed by atoms with Crippen molar-refractivity contribution in [1.82, 2.24) is 9.62 Å². The van der Waals surface area contributed by atoms with Gasteiger partial charge in [0.05, 0.1) is 10.6 Å². The summed E-state index contributed by atoms with van der Waals surface area (Å²) < 4.78 is 47.9. The Labute approximate surface area is 131 Å². The second-order valence-corrected chi connectivity index (χ2v) is 9.45. The van der Waals surface area contributed by atoms with Crippen molar-refractivity contribution in [1.29, 1.82) is 0 Å². The minimum Gasteiger partial charge on any atom is -0.316 e. The molecule has 21 heavy (non-hydrogen) atoms. The van der Waals surface area contributed by atoms with Crippen LogP contribution < -0.4 is 5.32 Å². The van der Waals surface area contributed by atoms with E-state index < -0.39 is 19.9 Å². The fraction of sp³-hybridized carbons (Fsp3) is 0.500. The van der Waals surface area contributed by atoms with Crippen LogP contribution in [0, 0.1) is 0 Å². The van der Waals surface area contributed by atoms with Crippen LogP contribution in [-0.4, -0.2) is 53.8 Å². The predicted molar refractivity (Wildman–Crippen MR) is 83.7 cm³/mol. The summed E-state index contributed by atoms with van der Waals surface area (Å²) in [6.07, 6.45) is 1.07. The summed E-state index contributed by atoms with van der Waals surface area (Å²) in [5, 5.41) is 3.28. The summed E-state index contributed by atoms with van der Waals surface area (Å²) in [5.74, 6) is -0.228. The number of benzene rings is 1. The highest BCUT2D eigenvalue weighted by atomic mass is 35.5. The Morgan fingerprint density at radius 3 is 2.33 bits per heavy atom. The molecule has 0 aliphatic rings. The number of hydrogen-bond acceptors (Lipinski definition) is 5. The number of hydrogen-bond donors (Lipinski definition) is 1. The number of halogens is 1. The summed E-state index contributed by atoms with van der Waals surface area (Å²) in [6.45, 7) is 0.431. The quantitative estimate of drug-likeness (QED) is 0.780. The van der Waals surface area contributed by atoms with Crippen LogP contribution in [0.5, 0.6) is 0 Å². The summed E-state index contributed by atoms with van der Waals surface area (Å²) in [5.41, 5.74) is 0.789. The Morgan fingerprint density at radius 2 is 1.86 bits per heavy atom. The third-order valence-electron chi connectivity index (χ3n) is 2.88. The van der Waals surface area contributed by atoms with Crippen molar-refractivity contribution in [3.05, 3.63) is 28.8 Å². The van der Waals surface area contributed by atoms with Gasteiger partial charge in [-0.2, -0.15) is 4.31 Å². The van der Waals surface area contributed by atoms with Crippen molar-refractivity contribution in [2.75, 3.05) is 32.6 Å². The molecule has 0 saturated carbocycles. The average Bonchev–Trinajstić information content (AvgIpc) is 2.37. The maximum atomic E-state index is 12.3. The fourth-order valence-electron chi connectivity index (χ4n) is 1.62. The molecule has 6 nitrogen and oxygen atoms in total. The van der Waals surface area contributed by atoms with Crippen LogP contribution in [0.3, 0.4) is 0 Å². The summed E-state index contributed by atoms with van der Waals surface area (Å²) in [7, 11) is -3.87. The molecule has 1 rings (SSSR count). The third kappa shape index (κ3) is 5.23. The molecule has 0 radical (unpaired) electrons. The first-order valence-corrected chi connectivity index (χ1v) is 10.0. The van der Waals surface area contributed by atoms with E-state index in [0.29, 0.717) is 11.6 Å². The molecular formula is C12H19ClN2O4S2. The molecule has 0 bridgehead atoms. The molecule has 0 aliphatic heterocycles. The Morgan fingerprint density at radius 1 is 1.24 bits per heavy atom. The molecule has 120 valence electrons. The molecule has 0 fully saturated rings. The van der Waals surface area contributed by atoms with Crippen LogP contribution in [0.2, 0.25) is 5.02 Å². The SMILES string of the molecule is CNCc1ccc(S(=O)(=O)N(C)CCS(C)(=O)=O)cc1Cl. The number of rotatable bonds is 7. The van der Waals surface area contributed by atoms with Crippen molar-refractivity contribution in [2.24, 2.45) is 0 Å². The van der Waals surface area contributed by atoms with E-state index in [1.807, 2.05) is 0 Å². The summed E-state index contributed by atoms with van der Waals surface area (Å²) >= 11 is 6.05. The van der Waals surface area contributed by atoms with E-state index in [1.165, 1.54) is 19.2 Å². The number of sulfone groups is 1. The Kier molecular flexibility index (Phi) is 6.18. The molecule has 0 unspecified atom stereocenters. The normalized spacial score (nSPS) is 12.8. The van der Waals surface area contributed by atoms with Gasteiger partial charge in [0.15, 0.2) is 0 Å². The number of nitrogens with one attached hydrogen (secondary N) is 1. The van der Waals surface area contributed by atoms with Gasteiger partial charge in [0, 0.05) is 31.4 Å². The van der Waals surface area contributed by atoms with Crippen LogP contribution in [0.4, 0.5) is 0 Å². The smallest absolute Gasteiger partial charge is 0.242 e. The van der Waals surface area contributed by atoms with Crippen LogP contribution in [-0.2, 0) is 26.4 Å². The van der Waals surface area contributed by atoms with Gasteiger partial charge in [0.2, 0.25) is 10.0 Å². The highest BCUT2D eigenvalue weighted by Crippen LogP contribution is 2.22. The first-order valence-electron chi connectivity index (χ1n) is 6.15. The lowest BCUT2D eigenvalue weighted by Crippen LogP contribution is -2.31. The van der Waals surface area contributed by atoms with Crippen molar-refractivity contribution in [3.8, 4) is 0 Å². The zero-order chi connectivity index (χ0) is 16.3. The van der Waals surface area contributed by atoms with E-state index in [2.05, 4.69) is 5.32 Å². The van der Waals surface area contributed by atoms with E-state index in [0.717, 1.165) is 16.1 Å². The summed E-state index contributed by atoms with van der Waals surface area (Å²) in [6, 6.07) is 4.47. The minimum atomic E-state index is -3.75. The lowest BCUT2D eigenvalue weighted by molar-refractivity contribution is 0.485. The first-order chi connectivity index (χ1) is 9.58. The van der Waals surface area contributed by atoms with Gasteiger partial charge in [0.1, 0.15) is 9.84 Å². The standard InChI is InChI=1S/C12H19ClN2O4S2/c1-14-9-10-4-5-11(8-12(10)13)21(18,19)15(2)6-7-20(3,16)17/h4-5,8,14H,6-7,9H2,1-3H3. The highest BCUT2D eigenvalue weighted by molar-refractivity contribution is 7.91. The first kappa shape index (κ1) is 18.4. The molecule has 9 heteroatoms. The zero-order valence-corrected chi connectivity index (χ0v) is 14.5. The van der Waals surface area contributed by atoms with Crippen molar-refractivity contribution in [2.45, 2.75) is 11.4 Å². The van der Waals surface area contributed by atoms with Crippen molar-refractivity contribution < 1.29 is 16.8 Å². The van der Waals surface area contributed by atoms with Crippen LogP contribution in [0.25, 0.3) is 0 Å². The van der Waals surface area contributed by atoms with Crippen molar-refractivity contribution >= 4 is 31.5 Å². The minimum absolute atomic E-state index is 0.0448. The average molecular weight is 355 g/mol. The van der Waals surface area contributed by atoms with E-state index >= 15 is 0 Å². The van der Waals surface area contributed by atoms with Gasteiger partial charge < -0.3 is 5.32 Å². The molecule has 0 aliphatic carbocycles. The van der Waals surface area contributed by atoms with E-state index in [1.54, 1.807) is 13.1 Å². The number of sulfonamides is 1. The second-order valence-electron chi connectivity index (χ2n) is 4.74. The van der Waals surface area contributed by atoms with Crippen molar-refractivity contribution in [3.63, 3.8) is 0 Å². The van der Waals surface area contributed by atoms with E-state index in [4.69, 9.17) is 11.6 Å². The Bertz CT molecular complexity index is 702. The van der Waals surface area contributed by atoms with Gasteiger partial charge in [-0.3, -0.25) is 0 Å². The molecule has 0 saturated heterocycles. The van der Waals surface area contributed by atoms with Crippen LogP contribution >= 0.6 is 11.6 Å². The molecule has 0 spiro atoms. The molecule has 0 amide bonds. The lowest BCUT2D eigenvalue weighted by atomic mass is 10.2. The van der Waals surface area contributed by atoms with E-state index in [9.17, 15) is 16.8 Å². The van der Waals surface area contributed by atoms with Gasteiger partial charge in [-0.25, -0.2) is 16.8 Å². The predicted octanol–water partition coefficient (Wildman–Crippen LogP) is 0.725. The Hall–Kier alpha value is -0.670. The lowest BCUT2D eigenvalue weighted by Gasteiger charge is -2.17. The molecule has 1 aromatic rings. The maximum Gasteiger partial charge on any atom is 0.242 e. The number of nitrogens with zero attached hydrogens (tertiary/aromatic N) is 1. The van der Waals surface area contributed by atoms with Gasteiger partial charge in [0.25, 0.3) is 0 Å². The molecule has 0 aromatic heterocycles. The molecule has 0 heterocycles. The van der Waals surface area contributed by atoms with Gasteiger partial charge in [-0.1, -0.05) is 17.7 Å². The van der Waals surface area contributed by atoms with Gasteiger partial charge in [-0.15, -0.1) is 0 Å². The van der Waals surface area contributed by atoms with E-state index in [-0.39, 0.29) is 17.2 Å². The summed E-state index contributed by atoms with van der Waals surface area (Å²) in [4.78, 5) is 0.0448. The molecule has 0 atom stereocenters.